The predicted molar refractivity (Wildman–Crippen MR) is 84.5 cm³/mol. The first-order valence-electron chi connectivity index (χ1n) is 6.64. The first kappa shape index (κ1) is 16.1. The van der Waals surface area contributed by atoms with Gasteiger partial charge in [-0.3, -0.25) is 9.36 Å². The van der Waals surface area contributed by atoms with Gasteiger partial charge in [0.1, 0.15) is 0 Å². The van der Waals surface area contributed by atoms with Crippen molar-refractivity contribution in [3.8, 4) is 0 Å². The number of aromatic nitrogens is 2. The molecule has 0 amide bonds. The smallest absolute Gasteiger partial charge is 0.261 e. The van der Waals surface area contributed by atoms with E-state index in [-0.39, 0.29) is 12.1 Å². The number of aliphatic hydroxyl groups is 1. The van der Waals surface area contributed by atoms with Gasteiger partial charge in [0, 0.05) is 24.7 Å². The Labute approximate surface area is 130 Å². The lowest BCUT2D eigenvalue weighted by molar-refractivity contribution is 0.142. The zero-order valence-electron chi connectivity index (χ0n) is 11.8. The highest BCUT2D eigenvalue weighted by Gasteiger charge is 2.09. The van der Waals surface area contributed by atoms with Crippen molar-refractivity contribution in [2.75, 3.05) is 26.8 Å². The second-order valence-corrected chi connectivity index (χ2v) is 5.63. The molecule has 0 aliphatic carbocycles. The predicted octanol–water partition coefficient (Wildman–Crippen LogP) is 0.756. The zero-order valence-corrected chi connectivity index (χ0v) is 13.3. The lowest BCUT2D eigenvalue weighted by atomic mass is 10.2. The highest BCUT2D eigenvalue weighted by atomic mass is 79.9. The van der Waals surface area contributed by atoms with Gasteiger partial charge in [-0.15, -0.1) is 0 Å². The van der Waals surface area contributed by atoms with Crippen LogP contribution in [-0.4, -0.2) is 47.6 Å². The van der Waals surface area contributed by atoms with Crippen molar-refractivity contribution in [1.82, 2.24) is 14.9 Å². The molecule has 114 valence electrons. The average Bonchev–Trinajstić information content (AvgIpc) is 2.47. The molecule has 0 radical (unpaired) electrons. The fraction of sp³-hybridized carbons (Fsp3) is 0.429. The molecule has 1 heterocycles. The lowest BCUT2D eigenvalue weighted by Crippen LogP contribution is -2.35. The Morgan fingerprint density at radius 1 is 1.52 bits per heavy atom. The molecule has 1 unspecified atom stereocenters. The second-order valence-electron chi connectivity index (χ2n) is 4.71. The Kier molecular flexibility index (Phi) is 5.86. The third-order valence-corrected chi connectivity index (χ3v) is 3.55. The van der Waals surface area contributed by atoms with Crippen LogP contribution in [-0.2, 0) is 11.3 Å². The fourth-order valence-electron chi connectivity index (χ4n) is 2.00. The maximum atomic E-state index is 12.3. The molecule has 0 fully saturated rings. The van der Waals surface area contributed by atoms with Crippen molar-refractivity contribution in [3.05, 3.63) is 39.4 Å². The summed E-state index contributed by atoms with van der Waals surface area (Å²) in [4.78, 5) is 16.6. The Morgan fingerprint density at radius 3 is 3.10 bits per heavy atom. The van der Waals surface area contributed by atoms with Gasteiger partial charge in [0.15, 0.2) is 0 Å². The number of rotatable bonds is 7. The van der Waals surface area contributed by atoms with Crippen LogP contribution in [0.1, 0.15) is 0 Å². The Hall–Kier alpha value is -1.28. The molecule has 2 aromatic rings. The van der Waals surface area contributed by atoms with Crippen LogP contribution in [0.3, 0.4) is 0 Å². The SMILES string of the molecule is COCCNCC(O)Cn1cnc2ccc(Br)cc2c1=O. The summed E-state index contributed by atoms with van der Waals surface area (Å²) in [5.41, 5.74) is 0.490. The van der Waals surface area contributed by atoms with Gasteiger partial charge >= 0.3 is 0 Å². The molecule has 7 heteroatoms. The number of ether oxygens (including phenoxy) is 1. The van der Waals surface area contributed by atoms with E-state index in [1.807, 2.05) is 6.07 Å². The third kappa shape index (κ3) is 4.34. The largest absolute Gasteiger partial charge is 0.390 e. The van der Waals surface area contributed by atoms with E-state index in [0.29, 0.717) is 30.6 Å². The van der Waals surface area contributed by atoms with E-state index >= 15 is 0 Å². The summed E-state index contributed by atoms with van der Waals surface area (Å²) in [5.74, 6) is 0. The van der Waals surface area contributed by atoms with Gasteiger partial charge < -0.3 is 15.2 Å². The number of benzene rings is 1. The van der Waals surface area contributed by atoms with Crippen LogP contribution in [0.5, 0.6) is 0 Å². The lowest BCUT2D eigenvalue weighted by Gasteiger charge is -2.13. The molecule has 0 saturated carbocycles. The molecule has 0 spiro atoms. The normalized spacial score (nSPS) is 12.7. The van der Waals surface area contributed by atoms with E-state index in [0.717, 1.165) is 4.47 Å². The second kappa shape index (κ2) is 7.65. The molecule has 21 heavy (non-hydrogen) atoms. The number of hydrogen-bond acceptors (Lipinski definition) is 5. The number of halogens is 1. The van der Waals surface area contributed by atoms with Crippen LogP contribution in [0.2, 0.25) is 0 Å². The Balaban J connectivity index is 2.08. The van der Waals surface area contributed by atoms with Crippen LogP contribution < -0.4 is 10.9 Å². The number of fused-ring (bicyclic) bond motifs is 1. The van der Waals surface area contributed by atoms with E-state index in [1.54, 1.807) is 19.2 Å². The maximum absolute atomic E-state index is 12.3. The van der Waals surface area contributed by atoms with Crippen molar-refractivity contribution in [2.24, 2.45) is 0 Å². The van der Waals surface area contributed by atoms with Crippen molar-refractivity contribution in [2.45, 2.75) is 12.6 Å². The molecule has 1 aromatic heterocycles. The van der Waals surface area contributed by atoms with E-state index in [1.165, 1.54) is 10.9 Å². The molecule has 1 aromatic carbocycles. The zero-order chi connectivity index (χ0) is 15.2. The number of nitrogens with one attached hydrogen (secondary N) is 1. The summed E-state index contributed by atoms with van der Waals surface area (Å²) in [7, 11) is 1.62. The van der Waals surface area contributed by atoms with Crippen LogP contribution >= 0.6 is 15.9 Å². The first-order valence-corrected chi connectivity index (χ1v) is 7.43. The van der Waals surface area contributed by atoms with Crippen molar-refractivity contribution >= 4 is 26.8 Å². The van der Waals surface area contributed by atoms with Crippen LogP contribution in [0, 0.1) is 0 Å². The number of hydrogen-bond donors (Lipinski definition) is 2. The summed E-state index contributed by atoms with van der Waals surface area (Å²) >= 11 is 3.34. The molecule has 0 aliphatic heterocycles. The monoisotopic (exact) mass is 355 g/mol. The molecule has 0 bridgehead atoms. The van der Waals surface area contributed by atoms with Gasteiger partial charge in [-0.25, -0.2) is 4.98 Å². The molecule has 2 N–H and O–H groups in total. The molecular formula is C14H18BrN3O3. The summed E-state index contributed by atoms with van der Waals surface area (Å²) in [6, 6.07) is 5.37. The van der Waals surface area contributed by atoms with Gasteiger partial charge in [-0.05, 0) is 18.2 Å². The third-order valence-electron chi connectivity index (χ3n) is 3.06. The average molecular weight is 356 g/mol. The molecular weight excluding hydrogens is 338 g/mol. The summed E-state index contributed by atoms with van der Waals surface area (Å²) in [6.07, 6.45) is 0.808. The van der Waals surface area contributed by atoms with Crippen molar-refractivity contribution < 1.29 is 9.84 Å². The number of nitrogens with zero attached hydrogens (tertiary/aromatic N) is 2. The minimum absolute atomic E-state index is 0.155. The molecule has 6 nitrogen and oxygen atoms in total. The van der Waals surface area contributed by atoms with Gasteiger partial charge in [-0.1, -0.05) is 15.9 Å². The van der Waals surface area contributed by atoms with Gasteiger partial charge in [0.25, 0.3) is 5.56 Å². The Bertz CT molecular complexity index is 659. The number of methoxy groups -OCH3 is 1. The highest BCUT2D eigenvalue weighted by Crippen LogP contribution is 2.14. The van der Waals surface area contributed by atoms with Gasteiger partial charge in [0.05, 0.1) is 36.5 Å². The first-order chi connectivity index (χ1) is 10.1. The number of aliphatic hydroxyl groups excluding tert-OH is 1. The van der Waals surface area contributed by atoms with Gasteiger partial charge in [0.2, 0.25) is 0 Å². The van der Waals surface area contributed by atoms with E-state index < -0.39 is 6.10 Å². The quantitative estimate of drug-likeness (QED) is 0.717. The van der Waals surface area contributed by atoms with E-state index in [2.05, 4.69) is 26.2 Å². The van der Waals surface area contributed by atoms with Crippen LogP contribution in [0.25, 0.3) is 10.9 Å². The van der Waals surface area contributed by atoms with Crippen LogP contribution in [0.15, 0.2) is 33.8 Å². The highest BCUT2D eigenvalue weighted by molar-refractivity contribution is 9.10. The van der Waals surface area contributed by atoms with E-state index in [9.17, 15) is 9.90 Å². The molecule has 0 saturated heterocycles. The Morgan fingerprint density at radius 2 is 2.33 bits per heavy atom. The minimum Gasteiger partial charge on any atom is -0.390 e. The summed E-state index contributed by atoms with van der Waals surface area (Å²) in [6.45, 7) is 1.84. The summed E-state index contributed by atoms with van der Waals surface area (Å²) < 4.78 is 7.16. The maximum Gasteiger partial charge on any atom is 0.261 e. The van der Waals surface area contributed by atoms with Crippen molar-refractivity contribution in [1.29, 1.82) is 0 Å². The van der Waals surface area contributed by atoms with E-state index in [4.69, 9.17) is 4.74 Å². The summed E-state index contributed by atoms with van der Waals surface area (Å²) in [5, 5.41) is 13.5. The fourth-order valence-corrected chi connectivity index (χ4v) is 2.36. The molecule has 0 aliphatic rings. The standard InChI is InChI=1S/C14H18BrN3O3/c1-21-5-4-16-7-11(19)8-18-9-17-13-3-2-10(15)6-12(13)14(18)20/h2-3,6,9,11,16,19H,4-5,7-8H2,1H3. The molecule has 2 rings (SSSR count). The van der Waals surface area contributed by atoms with Gasteiger partial charge in [-0.2, -0.15) is 0 Å². The van der Waals surface area contributed by atoms with Crippen LogP contribution in [0.4, 0.5) is 0 Å². The minimum atomic E-state index is -0.661. The topological polar surface area (TPSA) is 76.4 Å². The van der Waals surface area contributed by atoms with Crippen molar-refractivity contribution in [3.63, 3.8) is 0 Å². The molecule has 1 atom stereocenters.